The highest BCUT2D eigenvalue weighted by Gasteiger charge is 2.55. The lowest BCUT2D eigenvalue weighted by molar-refractivity contribution is -0.245. The number of carbonyl (C=O) groups is 1. The molecule has 3 aromatic carbocycles. The molecule has 0 aromatic heterocycles. The molecule has 2 N–H and O–H groups in total. The van der Waals surface area contributed by atoms with Gasteiger partial charge in [-0.15, -0.1) is 0 Å². The summed E-state index contributed by atoms with van der Waals surface area (Å²) in [4.78, 5) is 11.2. The summed E-state index contributed by atoms with van der Waals surface area (Å²) < 4.78 is 141. The van der Waals surface area contributed by atoms with E-state index in [1.165, 1.54) is 6.07 Å². The summed E-state index contributed by atoms with van der Waals surface area (Å²) in [7, 11) is -4.86. The lowest BCUT2D eigenvalue weighted by Crippen LogP contribution is -2.57. The Labute approximate surface area is 233 Å². The van der Waals surface area contributed by atoms with Crippen LogP contribution in [0.25, 0.3) is 11.1 Å². The number of ether oxygens (including phenoxy) is 1. The van der Waals surface area contributed by atoms with Crippen molar-refractivity contribution in [2.24, 2.45) is 0 Å². The third-order valence-corrected chi connectivity index (χ3v) is 8.14. The lowest BCUT2D eigenvalue weighted by Gasteiger charge is -2.36. The molecule has 226 valence electrons. The number of anilines is 1. The average Bonchev–Trinajstić information content (AvgIpc) is 2.91. The number of alkyl halides is 6. The van der Waals surface area contributed by atoms with E-state index in [4.69, 9.17) is 4.74 Å². The van der Waals surface area contributed by atoms with Crippen LogP contribution in [0, 0.1) is 11.6 Å². The van der Waals surface area contributed by atoms with E-state index in [0.29, 0.717) is 16.4 Å². The Morgan fingerprint density at radius 2 is 1.71 bits per heavy atom. The second-order valence-corrected chi connectivity index (χ2v) is 11.3. The van der Waals surface area contributed by atoms with Gasteiger partial charge in [0.2, 0.25) is 5.60 Å². The SMILES string of the molecule is CC(O)(C(=O)NC[C@H]1CN(S(=O)(=O)c2cccc(C(F)(F)F)c2)c2cc(-c3cc(F)ccc3F)ccc2O1)C(F)(F)F. The van der Waals surface area contributed by atoms with Crippen LogP contribution in [0.5, 0.6) is 5.75 Å². The van der Waals surface area contributed by atoms with Gasteiger partial charge in [-0.25, -0.2) is 17.2 Å². The molecule has 0 spiro atoms. The van der Waals surface area contributed by atoms with Gasteiger partial charge >= 0.3 is 12.4 Å². The molecule has 42 heavy (non-hydrogen) atoms. The third-order valence-electron chi connectivity index (χ3n) is 6.36. The number of aliphatic hydroxyl groups is 1. The molecule has 0 saturated carbocycles. The fraction of sp³-hybridized carbons (Fsp3) is 0.269. The van der Waals surface area contributed by atoms with Crippen molar-refractivity contribution < 1.29 is 58.2 Å². The van der Waals surface area contributed by atoms with Gasteiger partial charge in [0, 0.05) is 5.56 Å². The van der Waals surface area contributed by atoms with Crippen molar-refractivity contribution in [3.05, 3.63) is 77.9 Å². The zero-order valence-electron chi connectivity index (χ0n) is 21.2. The van der Waals surface area contributed by atoms with Crippen LogP contribution >= 0.6 is 0 Å². The van der Waals surface area contributed by atoms with Crippen LogP contribution < -0.4 is 14.4 Å². The van der Waals surface area contributed by atoms with Crippen molar-refractivity contribution in [2.45, 2.75) is 35.9 Å². The molecule has 1 aliphatic rings. The molecule has 2 atom stereocenters. The van der Waals surface area contributed by atoms with Crippen molar-refractivity contribution in [3.63, 3.8) is 0 Å². The number of fused-ring (bicyclic) bond motifs is 1. The number of hydrogen-bond donors (Lipinski definition) is 2. The molecule has 1 unspecified atom stereocenters. The first-order valence-corrected chi connectivity index (χ1v) is 13.3. The Balaban J connectivity index is 1.77. The van der Waals surface area contributed by atoms with E-state index in [0.717, 1.165) is 42.5 Å². The monoisotopic (exact) mass is 624 g/mol. The quantitative estimate of drug-likeness (QED) is 0.375. The van der Waals surface area contributed by atoms with Gasteiger partial charge in [-0.3, -0.25) is 9.10 Å². The van der Waals surface area contributed by atoms with Crippen LogP contribution in [0.2, 0.25) is 0 Å². The summed E-state index contributed by atoms with van der Waals surface area (Å²) in [6, 6.07) is 8.70. The number of halogens is 8. The summed E-state index contributed by atoms with van der Waals surface area (Å²) in [5.41, 5.74) is -5.71. The molecule has 0 bridgehead atoms. The first-order chi connectivity index (χ1) is 19.3. The smallest absolute Gasteiger partial charge is 0.426 e. The second-order valence-electron chi connectivity index (χ2n) is 9.39. The third kappa shape index (κ3) is 5.99. The number of benzene rings is 3. The number of hydrogen-bond acceptors (Lipinski definition) is 5. The largest absolute Gasteiger partial charge is 0.484 e. The first kappa shape index (κ1) is 31.0. The van der Waals surface area contributed by atoms with Crippen LogP contribution in [-0.2, 0) is 21.0 Å². The fourth-order valence-corrected chi connectivity index (χ4v) is 5.54. The number of sulfonamides is 1. The van der Waals surface area contributed by atoms with Crippen molar-refractivity contribution in [1.29, 1.82) is 0 Å². The van der Waals surface area contributed by atoms with E-state index in [9.17, 15) is 53.4 Å². The Bertz CT molecular complexity index is 1620. The molecule has 7 nitrogen and oxygen atoms in total. The molecule has 1 aliphatic heterocycles. The predicted molar refractivity (Wildman–Crippen MR) is 132 cm³/mol. The summed E-state index contributed by atoms with van der Waals surface area (Å²) in [6.45, 7) is -1.30. The molecule has 16 heteroatoms. The van der Waals surface area contributed by atoms with Crippen molar-refractivity contribution in [3.8, 4) is 16.9 Å². The highest BCUT2D eigenvalue weighted by Crippen LogP contribution is 2.41. The molecule has 0 aliphatic carbocycles. The van der Waals surface area contributed by atoms with Gasteiger partial charge in [-0.1, -0.05) is 12.1 Å². The van der Waals surface area contributed by atoms with E-state index in [1.807, 2.05) is 5.32 Å². The average molecular weight is 625 g/mol. The minimum Gasteiger partial charge on any atom is -0.484 e. The Hall–Kier alpha value is -3.92. The van der Waals surface area contributed by atoms with Crippen molar-refractivity contribution >= 4 is 21.6 Å². The number of rotatable bonds is 6. The minimum atomic E-state index is -5.35. The molecular formula is C26H20F8N2O5S. The number of nitrogens with one attached hydrogen (secondary N) is 1. The summed E-state index contributed by atoms with van der Waals surface area (Å²) >= 11 is 0. The molecule has 4 rings (SSSR count). The van der Waals surface area contributed by atoms with Gasteiger partial charge in [-0.2, -0.15) is 26.3 Å². The maximum atomic E-state index is 14.5. The van der Waals surface area contributed by atoms with Crippen LogP contribution in [0.4, 0.5) is 40.8 Å². The van der Waals surface area contributed by atoms with Gasteiger partial charge < -0.3 is 15.2 Å². The van der Waals surface area contributed by atoms with E-state index < -0.39 is 75.2 Å². The minimum absolute atomic E-state index is 0.0356. The number of amides is 1. The summed E-state index contributed by atoms with van der Waals surface area (Å²) in [6.07, 6.45) is -11.7. The zero-order valence-corrected chi connectivity index (χ0v) is 22.0. The van der Waals surface area contributed by atoms with Crippen LogP contribution in [0.1, 0.15) is 12.5 Å². The highest BCUT2D eigenvalue weighted by atomic mass is 32.2. The summed E-state index contributed by atoms with van der Waals surface area (Å²) in [5.74, 6) is -3.81. The maximum absolute atomic E-state index is 14.5. The Morgan fingerprint density at radius 1 is 1.02 bits per heavy atom. The normalized spacial score (nSPS) is 17.2. The number of carbonyl (C=O) groups excluding carboxylic acids is 1. The molecule has 0 fully saturated rings. The fourth-order valence-electron chi connectivity index (χ4n) is 4.00. The number of nitrogens with zero attached hydrogens (tertiary/aromatic N) is 1. The van der Waals surface area contributed by atoms with Gasteiger partial charge in [0.05, 0.1) is 29.2 Å². The summed E-state index contributed by atoms with van der Waals surface area (Å²) in [5, 5.41) is 11.4. The van der Waals surface area contributed by atoms with Gasteiger partial charge in [0.1, 0.15) is 23.5 Å². The molecule has 1 amide bonds. The Morgan fingerprint density at radius 3 is 2.36 bits per heavy atom. The van der Waals surface area contributed by atoms with E-state index in [1.54, 1.807) is 0 Å². The van der Waals surface area contributed by atoms with E-state index in [-0.39, 0.29) is 29.5 Å². The molecule has 0 saturated heterocycles. The molecule has 0 radical (unpaired) electrons. The van der Waals surface area contributed by atoms with Crippen LogP contribution in [-0.4, -0.2) is 50.4 Å². The predicted octanol–water partition coefficient (Wildman–Crippen LogP) is 5.04. The maximum Gasteiger partial charge on any atom is 0.426 e. The second kappa shape index (κ2) is 10.7. The van der Waals surface area contributed by atoms with Gasteiger partial charge in [-0.05, 0) is 61.0 Å². The van der Waals surface area contributed by atoms with Crippen molar-refractivity contribution in [2.75, 3.05) is 17.4 Å². The lowest BCUT2D eigenvalue weighted by atomic mass is 10.0. The Kier molecular flexibility index (Phi) is 7.92. The molecule has 1 heterocycles. The van der Waals surface area contributed by atoms with Gasteiger partial charge in [0.25, 0.3) is 15.9 Å². The molecular weight excluding hydrogens is 604 g/mol. The first-order valence-electron chi connectivity index (χ1n) is 11.9. The zero-order chi connectivity index (χ0) is 31.3. The van der Waals surface area contributed by atoms with E-state index >= 15 is 0 Å². The molecule has 3 aromatic rings. The topological polar surface area (TPSA) is 95.9 Å². The standard InChI is InChI=1S/C26H20F8N2O5S/c1-24(38,26(32,33)34)23(37)35-12-17-13-36(42(39,40)18-4-2-3-15(10-18)25(29,30)31)21-9-14(5-8-22(21)41-17)19-11-16(27)6-7-20(19)28/h2-11,17,38H,12-13H2,1H3,(H,35,37)/t17-,24?/m0/s1. The van der Waals surface area contributed by atoms with Crippen molar-refractivity contribution in [1.82, 2.24) is 5.32 Å². The van der Waals surface area contributed by atoms with Crippen LogP contribution in [0.15, 0.2) is 65.6 Å². The van der Waals surface area contributed by atoms with Gasteiger partial charge in [0.15, 0.2) is 0 Å². The van der Waals surface area contributed by atoms with Crippen LogP contribution in [0.3, 0.4) is 0 Å². The highest BCUT2D eigenvalue weighted by molar-refractivity contribution is 7.92. The van der Waals surface area contributed by atoms with E-state index in [2.05, 4.69) is 0 Å².